The lowest BCUT2D eigenvalue weighted by Crippen LogP contribution is -2.44. The van der Waals surface area contributed by atoms with E-state index in [1.165, 1.54) is 6.42 Å². The second kappa shape index (κ2) is 7.25. The van der Waals surface area contributed by atoms with Crippen LogP contribution in [0.1, 0.15) is 33.6 Å². The fourth-order valence-corrected chi connectivity index (χ4v) is 2.71. The van der Waals surface area contributed by atoms with Gasteiger partial charge in [-0.2, -0.15) is 0 Å². The van der Waals surface area contributed by atoms with E-state index >= 15 is 0 Å². The van der Waals surface area contributed by atoms with Crippen molar-refractivity contribution in [1.82, 2.24) is 5.32 Å². The average Bonchev–Trinajstić information content (AvgIpc) is 2.69. The van der Waals surface area contributed by atoms with E-state index in [0.29, 0.717) is 24.0 Å². The van der Waals surface area contributed by atoms with Gasteiger partial charge in [-0.05, 0) is 32.2 Å². The molecule has 1 aliphatic rings. The number of methoxy groups -OCH3 is 1. The summed E-state index contributed by atoms with van der Waals surface area (Å²) in [5, 5.41) is 3.63. The predicted molar refractivity (Wildman–Crippen MR) is 66.6 cm³/mol. The molecule has 1 N–H and O–H groups in total. The summed E-state index contributed by atoms with van der Waals surface area (Å²) in [5.41, 5.74) is 0. The summed E-state index contributed by atoms with van der Waals surface area (Å²) in [6.45, 7) is 9.50. The highest BCUT2D eigenvalue weighted by Crippen LogP contribution is 2.28. The van der Waals surface area contributed by atoms with Gasteiger partial charge < -0.3 is 14.8 Å². The highest BCUT2D eigenvalue weighted by Gasteiger charge is 2.34. The highest BCUT2D eigenvalue weighted by atomic mass is 16.5. The van der Waals surface area contributed by atoms with Crippen molar-refractivity contribution in [3.8, 4) is 0 Å². The molecule has 0 aromatic carbocycles. The molecule has 1 saturated heterocycles. The molecule has 1 aliphatic heterocycles. The van der Waals surface area contributed by atoms with Gasteiger partial charge in [-0.3, -0.25) is 0 Å². The minimum atomic E-state index is 0.397. The molecule has 4 unspecified atom stereocenters. The van der Waals surface area contributed by atoms with Gasteiger partial charge in [0.2, 0.25) is 0 Å². The predicted octanol–water partition coefficient (Wildman–Crippen LogP) is 2.06. The largest absolute Gasteiger partial charge is 0.385 e. The normalized spacial score (nSPS) is 29.2. The third-order valence-electron chi connectivity index (χ3n) is 3.73. The molecule has 3 nitrogen and oxygen atoms in total. The van der Waals surface area contributed by atoms with Gasteiger partial charge in [-0.15, -0.1) is 0 Å². The van der Waals surface area contributed by atoms with Gasteiger partial charge in [0, 0.05) is 32.3 Å². The molecule has 3 heteroatoms. The Morgan fingerprint density at radius 3 is 2.75 bits per heavy atom. The molecular weight excluding hydrogens is 202 g/mol. The molecule has 0 aromatic rings. The van der Waals surface area contributed by atoms with Crippen LogP contribution in [-0.4, -0.2) is 39.0 Å². The Labute approximate surface area is 99.9 Å². The van der Waals surface area contributed by atoms with E-state index in [0.717, 1.165) is 26.2 Å². The summed E-state index contributed by atoms with van der Waals surface area (Å²) in [7, 11) is 1.77. The van der Waals surface area contributed by atoms with E-state index in [-0.39, 0.29) is 0 Å². The number of rotatable bonds is 7. The van der Waals surface area contributed by atoms with Gasteiger partial charge in [0.25, 0.3) is 0 Å². The Kier molecular flexibility index (Phi) is 6.32. The van der Waals surface area contributed by atoms with Crippen LogP contribution in [0.4, 0.5) is 0 Å². The second-order valence-corrected chi connectivity index (χ2v) is 4.87. The monoisotopic (exact) mass is 229 g/mol. The van der Waals surface area contributed by atoms with Crippen LogP contribution in [0, 0.1) is 11.8 Å². The van der Waals surface area contributed by atoms with E-state index in [1.807, 2.05) is 0 Å². The molecular formula is C13H27NO2. The van der Waals surface area contributed by atoms with E-state index < -0.39 is 0 Å². The van der Waals surface area contributed by atoms with Crippen LogP contribution in [0.3, 0.4) is 0 Å². The zero-order valence-corrected chi connectivity index (χ0v) is 11.2. The zero-order chi connectivity index (χ0) is 12.0. The number of ether oxygens (including phenoxy) is 2. The molecule has 16 heavy (non-hydrogen) atoms. The average molecular weight is 229 g/mol. The highest BCUT2D eigenvalue weighted by molar-refractivity contribution is 4.87. The van der Waals surface area contributed by atoms with E-state index in [4.69, 9.17) is 9.47 Å². The van der Waals surface area contributed by atoms with E-state index in [9.17, 15) is 0 Å². The van der Waals surface area contributed by atoms with Crippen molar-refractivity contribution in [3.05, 3.63) is 0 Å². The Balaban J connectivity index is 2.51. The lowest BCUT2D eigenvalue weighted by atomic mass is 9.84. The maximum atomic E-state index is 5.68. The summed E-state index contributed by atoms with van der Waals surface area (Å²) in [6, 6.07) is 0.567. The van der Waals surface area contributed by atoms with Gasteiger partial charge >= 0.3 is 0 Å². The van der Waals surface area contributed by atoms with Gasteiger partial charge in [0.05, 0.1) is 6.10 Å². The summed E-state index contributed by atoms with van der Waals surface area (Å²) < 4.78 is 10.8. The van der Waals surface area contributed by atoms with Gasteiger partial charge in [0.1, 0.15) is 0 Å². The molecule has 0 amide bonds. The Morgan fingerprint density at radius 2 is 2.25 bits per heavy atom. The lowest BCUT2D eigenvalue weighted by Gasteiger charge is -2.31. The molecule has 1 rings (SSSR count). The maximum absolute atomic E-state index is 5.68. The van der Waals surface area contributed by atoms with Crippen molar-refractivity contribution in [2.75, 3.05) is 26.9 Å². The molecule has 1 fully saturated rings. The zero-order valence-electron chi connectivity index (χ0n) is 11.2. The van der Waals surface area contributed by atoms with Crippen LogP contribution in [0.2, 0.25) is 0 Å². The standard InChI is InChI=1S/C13H27NO2/c1-5-14-13(10(2)6-8-15-4)12-7-9-16-11(12)3/h10-14H,5-9H2,1-4H3. The first-order chi connectivity index (χ1) is 7.70. The molecule has 0 spiro atoms. The van der Waals surface area contributed by atoms with Crippen molar-refractivity contribution in [3.63, 3.8) is 0 Å². The third-order valence-corrected chi connectivity index (χ3v) is 3.73. The lowest BCUT2D eigenvalue weighted by molar-refractivity contribution is 0.0828. The van der Waals surface area contributed by atoms with Gasteiger partial charge in [-0.25, -0.2) is 0 Å². The van der Waals surface area contributed by atoms with Gasteiger partial charge in [-0.1, -0.05) is 13.8 Å². The fourth-order valence-electron chi connectivity index (χ4n) is 2.71. The molecule has 1 heterocycles. The summed E-state index contributed by atoms with van der Waals surface area (Å²) >= 11 is 0. The Bertz CT molecular complexity index is 187. The summed E-state index contributed by atoms with van der Waals surface area (Å²) in [6.07, 6.45) is 2.71. The molecule has 0 saturated carbocycles. The van der Waals surface area contributed by atoms with Crippen molar-refractivity contribution in [2.45, 2.75) is 45.8 Å². The molecule has 0 bridgehead atoms. The summed E-state index contributed by atoms with van der Waals surface area (Å²) in [4.78, 5) is 0. The minimum absolute atomic E-state index is 0.397. The molecule has 4 atom stereocenters. The van der Waals surface area contributed by atoms with Crippen molar-refractivity contribution in [1.29, 1.82) is 0 Å². The Morgan fingerprint density at radius 1 is 1.50 bits per heavy atom. The van der Waals surface area contributed by atoms with Crippen molar-refractivity contribution >= 4 is 0 Å². The fraction of sp³-hybridized carbons (Fsp3) is 1.00. The molecule has 96 valence electrons. The summed E-state index contributed by atoms with van der Waals surface area (Å²) in [5.74, 6) is 1.31. The van der Waals surface area contributed by atoms with Crippen LogP contribution < -0.4 is 5.32 Å². The quantitative estimate of drug-likeness (QED) is 0.725. The Hall–Kier alpha value is -0.120. The van der Waals surface area contributed by atoms with E-state index in [1.54, 1.807) is 7.11 Å². The first-order valence-electron chi connectivity index (χ1n) is 6.54. The SMILES string of the molecule is CCNC(C(C)CCOC)C1CCOC1C. The first kappa shape index (κ1) is 13.9. The van der Waals surface area contributed by atoms with Gasteiger partial charge in [0.15, 0.2) is 0 Å². The van der Waals surface area contributed by atoms with Crippen LogP contribution in [0.5, 0.6) is 0 Å². The van der Waals surface area contributed by atoms with Crippen LogP contribution in [0.15, 0.2) is 0 Å². The van der Waals surface area contributed by atoms with Crippen molar-refractivity contribution in [2.24, 2.45) is 11.8 Å². The number of hydrogen-bond acceptors (Lipinski definition) is 3. The topological polar surface area (TPSA) is 30.5 Å². The van der Waals surface area contributed by atoms with Crippen LogP contribution in [-0.2, 0) is 9.47 Å². The number of hydrogen-bond donors (Lipinski definition) is 1. The molecule has 0 aliphatic carbocycles. The van der Waals surface area contributed by atoms with Crippen LogP contribution in [0.25, 0.3) is 0 Å². The third kappa shape index (κ3) is 3.72. The van der Waals surface area contributed by atoms with E-state index in [2.05, 4.69) is 26.1 Å². The first-order valence-corrected chi connectivity index (χ1v) is 6.54. The van der Waals surface area contributed by atoms with Crippen LogP contribution >= 0.6 is 0 Å². The van der Waals surface area contributed by atoms with Crippen molar-refractivity contribution < 1.29 is 9.47 Å². The number of nitrogens with one attached hydrogen (secondary N) is 1. The smallest absolute Gasteiger partial charge is 0.0590 e. The molecule has 0 aromatic heterocycles. The second-order valence-electron chi connectivity index (χ2n) is 4.87. The maximum Gasteiger partial charge on any atom is 0.0590 e. The molecule has 0 radical (unpaired) electrons. The minimum Gasteiger partial charge on any atom is -0.385 e.